The number of hydrogen-bond donors (Lipinski definition) is 4. The Morgan fingerprint density at radius 1 is 1.17 bits per heavy atom. The Bertz CT molecular complexity index is 427. The number of halogens is 2. The van der Waals surface area contributed by atoms with E-state index >= 15 is 0 Å². The fourth-order valence-corrected chi connectivity index (χ4v) is 1.62. The zero-order valence-corrected chi connectivity index (χ0v) is 10.9. The van der Waals surface area contributed by atoms with Gasteiger partial charge in [-0.05, 0) is 18.2 Å². The van der Waals surface area contributed by atoms with Crippen LogP contribution in [0, 0.1) is 0 Å². The quantitative estimate of drug-likeness (QED) is 0.634. The highest BCUT2D eigenvalue weighted by molar-refractivity contribution is 6.35. The third kappa shape index (κ3) is 3.34. The molecule has 5 nitrogen and oxygen atoms in total. The molecule has 1 aromatic carbocycles. The third-order valence-corrected chi connectivity index (χ3v) is 3.02. The molecule has 0 bridgehead atoms. The molecule has 0 aliphatic rings. The number of aliphatic hydroxyl groups is 3. The number of amides is 1. The summed E-state index contributed by atoms with van der Waals surface area (Å²) in [5.74, 6) is -0.639. The van der Waals surface area contributed by atoms with Crippen LogP contribution in [0.5, 0.6) is 0 Å². The maximum atomic E-state index is 11.9. The first-order valence-corrected chi connectivity index (χ1v) is 5.84. The Labute approximate surface area is 114 Å². The number of aliphatic hydroxyl groups excluding tert-OH is 3. The van der Waals surface area contributed by atoms with Crippen molar-refractivity contribution in [1.82, 2.24) is 5.32 Å². The molecule has 1 amide bonds. The van der Waals surface area contributed by atoms with Gasteiger partial charge in [0, 0.05) is 5.02 Å². The Morgan fingerprint density at radius 3 is 2.22 bits per heavy atom. The Hall–Kier alpha value is -0.850. The fourth-order valence-electron chi connectivity index (χ4n) is 1.25. The molecular weight excluding hydrogens is 281 g/mol. The van der Waals surface area contributed by atoms with Crippen molar-refractivity contribution in [1.29, 1.82) is 0 Å². The van der Waals surface area contributed by atoms with E-state index in [-0.39, 0.29) is 10.6 Å². The first-order chi connectivity index (χ1) is 8.48. The van der Waals surface area contributed by atoms with Gasteiger partial charge in [0.1, 0.15) is 5.54 Å². The van der Waals surface area contributed by atoms with Crippen LogP contribution in [-0.4, -0.2) is 46.6 Å². The topological polar surface area (TPSA) is 89.8 Å². The summed E-state index contributed by atoms with van der Waals surface area (Å²) in [5.41, 5.74) is -1.40. The van der Waals surface area contributed by atoms with Gasteiger partial charge in [0.25, 0.3) is 5.91 Å². The number of benzene rings is 1. The van der Waals surface area contributed by atoms with Gasteiger partial charge in [0.15, 0.2) is 0 Å². The summed E-state index contributed by atoms with van der Waals surface area (Å²) < 4.78 is 0. The van der Waals surface area contributed by atoms with Crippen molar-refractivity contribution < 1.29 is 20.1 Å². The zero-order chi connectivity index (χ0) is 13.8. The predicted octanol–water partition coefficient (Wildman–Crippen LogP) is 0.439. The summed E-state index contributed by atoms with van der Waals surface area (Å²) in [6.45, 7) is -1.82. The van der Waals surface area contributed by atoms with Gasteiger partial charge in [-0.15, -0.1) is 0 Å². The lowest BCUT2D eigenvalue weighted by Gasteiger charge is -2.28. The van der Waals surface area contributed by atoms with Crippen LogP contribution >= 0.6 is 23.2 Å². The molecule has 0 saturated carbocycles. The summed E-state index contributed by atoms with van der Waals surface area (Å²) in [7, 11) is 0. The summed E-state index contributed by atoms with van der Waals surface area (Å²) in [6.07, 6.45) is 0. The van der Waals surface area contributed by atoms with Crippen LogP contribution in [0.15, 0.2) is 18.2 Å². The van der Waals surface area contributed by atoms with Gasteiger partial charge in [-0.1, -0.05) is 23.2 Å². The van der Waals surface area contributed by atoms with Gasteiger partial charge in [-0.2, -0.15) is 0 Å². The maximum Gasteiger partial charge on any atom is 0.253 e. The maximum absolute atomic E-state index is 11.9. The average molecular weight is 294 g/mol. The molecule has 4 N–H and O–H groups in total. The second kappa shape index (κ2) is 6.36. The number of carbonyl (C=O) groups is 1. The van der Waals surface area contributed by atoms with Crippen LogP contribution in [-0.2, 0) is 0 Å². The number of rotatable bonds is 5. The average Bonchev–Trinajstić information content (AvgIpc) is 2.38. The monoisotopic (exact) mass is 293 g/mol. The van der Waals surface area contributed by atoms with Gasteiger partial charge in [-0.25, -0.2) is 0 Å². The first-order valence-electron chi connectivity index (χ1n) is 5.08. The molecule has 1 aromatic rings. The van der Waals surface area contributed by atoms with E-state index in [4.69, 9.17) is 38.5 Å². The van der Waals surface area contributed by atoms with Crippen molar-refractivity contribution in [3.63, 3.8) is 0 Å². The van der Waals surface area contributed by atoms with Crippen LogP contribution in [0.2, 0.25) is 10.0 Å². The fraction of sp³-hybridized carbons (Fsp3) is 0.364. The molecule has 18 heavy (non-hydrogen) atoms. The van der Waals surface area contributed by atoms with Crippen molar-refractivity contribution in [2.45, 2.75) is 5.54 Å². The molecule has 1 rings (SSSR count). The van der Waals surface area contributed by atoms with Gasteiger partial charge in [0.05, 0.1) is 30.4 Å². The number of carbonyl (C=O) groups excluding carboxylic acids is 1. The highest BCUT2D eigenvalue weighted by Gasteiger charge is 2.30. The van der Waals surface area contributed by atoms with Gasteiger partial charge in [0.2, 0.25) is 0 Å². The standard InChI is InChI=1S/C11H13Cl2NO4/c12-7-1-2-9(13)8(3-7)10(18)14-11(4-15,5-16)6-17/h1-3,15-17H,4-6H2,(H,14,18). The summed E-state index contributed by atoms with van der Waals surface area (Å²) in [4.78, 5) is 11.9. The van der Waals surface area contributed by atoms with E-state index in [9.17, 15) is 4.79 Å². The van der Waals surface area contributed by atoms with Gasteiger partial charge >= 0.3 is 0 Å². The lowest BCUT2D eigenvalue weighted by atomic mass is 10.0. The minimum absolute atomic E-state index is 0.101. The minimum atomic E-state index is -1.50. The Morgan fingerprint density at radius 2 is 1.72 bits per heavy atom. The van der Waals surface area contributed by atoms with Gasteiger partial charge in [-0.3, -0.25) is 4.79 Å². The van der Waals surface area contributed by atoms with Crippen LogP contribution in [0.1, 0.15) is 10.4 Å². The van der Waals surface area contributed by atoms with Crippen molar-refractivity contribution in [3.8, 4) is 0 Å². The second-order valence-electron chi connectivity index (χ2n) is 3.83. The lowest BCUT2D eigenvalue weighted by Crippen LogP contribution is -2.57. The molecule has 7 heteroatoms. The van der Waals surface area contributed by atoms with E-state index < -0.39 is 31.3 Å². The van der Waals surface area contributed by atoms with Crippen LogP contribution in [0.4, 0.5) is 0 Å². The third-order valence-electron chi connectivity index (χ3n) is 2.46. The molecule has 0 unspecified atom stereocenters. The second-order valence-corrected chi connectivity index (χ2v) is 4.68. The molecule has 0 saturated heterocycles. The largest absolute Gasteiger partial charge is 0.394 e. The van der Waals surface area contributed by atoms with E-state index in [1.807, 2.05) is 0 Å². The molecule has 0 fully saturated rings. The van der Waals surface area contributed by atoms with Crippen molar-refractivity contribution in [2.75, 3.05) is 19.8 Å². The van der Waals surface area contributed by atoms with Crippen molar-refractivity contribution >= 4 is 29.1 Å². The number of hydrogen-bond acceptors (Lipinski definition) is 4. The number of nitrogens with one attached hydrogen (secondary N) is 1. The molecule has 0 atom stereocenters. The summed E-state index contributed by atoms with van der Waals surface area (Å²) >= 11 is 11.6. The van der Waals surface area contributed by atoms with E-state index in [1.165, 1.54) is 18.2 Å². The molecule has 0 aromatic heterocycles. The molecule has 0 aliphatic heterocycles. The van der Waals surface area contributed by atoms with Gasteiger partial charge < -0.3 is 20.6 Å². The minimum Gasteiger partial charge on any atom is -0.394 e. The van der Waals surface area contributed by atoms with Crippen LogP contribution < -0.4 is 5.32 Å². The molecular formula is C11H13Cl2NO4. The van der Waals surface area contributed by atoms with Crippen molar-refractivity contribution in [3.05, 3.63) is 33.8 Å². The van der Waals surface area contributed by atoms with E-state index in [2.05, 4.69) is 5.32 Å². The SMILES string of the molecule is O=C(NC(CO)(CO)CO)c1cc(Cl)ccc1Cl. The first kappa shape index (κ1) is 15.2. The molecule has 0 radical (unpaired) electrons. The summed E-state index contributed by atoms with van der Waals surface area (Å²) in [5, 5.41) is 30.1. The lowest BCUT2D eigenvalue weighted by molar-refractivity contribution is 0.0375. The zero-order valence-electron chi connectivity index (χ0n) is 9.36. The normalized spacial score (nSPS) is 11.4. The van der Waals surface area contributed by atoms with E-state index in [0.717, 1.165) is 0 Å². The molecule has 0 heterocycles. The molecule has 0 spiro atoms. The van der Waals surface area contributed by atoms with Crippen molar-refractivity contribution in [2.24, 2.45) is 0 Å². The van der Waals surface area contributed by atoms with Crippen LogP contribution in [0.25, 0.3) is 0 Å². The highest BCUT2D eigenvalue weighted by atomic mass is 35.5. The molecule has 0 aliphatic carbocycles. The Balaban J connectivity index is 2.97. The summed E-state index contributed by atoms with van der Waals surface area (Å²) in [6, 6.07) is 4.34. The smallest absolute Gasteiger partial charge is 0.253 e. The highest BCUT2D eigenvalue weighted by Crippen LogP contribution is 2.21. The van der Waals surface area contributed by atoms with E-state index in [1.54, 1.807) is 0 Å². The molecule has 100 valence electrons. The predicted molar refractivity (Wildman–Crippen MR) is 67.9 cm³/mol. The van der Waals surface area contributed by atoms with Crippen LogP contribution in [0.3, 0.4) is 0 Å². The van der Waals surface area contributed by atoms with E-state index in [0.29, 0.717) is 5.02 Å². The Kier molecular flexibility index (Phi) is 5.37.